The van der Waals surface area contributed by atoms with Crippen molar-refractivity contribution in [2.24, 2.45) is 5.10 Å². The monoisotopic (exact) mass is 433 g/mol. The van der Waals surface area contributed by atoms with Gasteiger partial charge in [0.05, 0.1) is 19.0 Å². The van der Waals surface area contributed by atoms with Gasteiger partial charge in [0.2, 0.25) is 5.13 Å². The van der Waals surface area contributed by atoms with E-state index in [1.54, 1.807) is 43.7 Å². The van der Waals surface area contributed by atoms with Crippen molar-refractivity contribution < 1.29 is 13.9 Å². The maximum absolute atomic E-state index is 13.8. The quantitative estimate of drug-likeness (QED) is 0.274. The molecule has 0 bridgehead atoms. The van der Waals surface area contributed by atoms with Crippen molar-refractivity contribution in [3.05, 3.63) is 95.1 Å². The first kappa shape index (κ1) is 20.6. The molecule has 156 valence electrons. The Hall–Kier alpha value is -3.71. The van der Waals surface area contributed by atoms with Crippen LogP contribution in [0.3, 0.4) is 0 Å². The summed E-state index contributed by atoms with van der Waals surface area (Å²) in [5.74, 6) is 0.776. The number of nitrogens with zero attached hydrogens (tertiary/aromatic N) is 2. The van der Waals surface area contributed by atoms with Gasteiger partial charge >= 0.3 is 0 Å². The molecular weight excluding hydrogens is 413 g/mol. The summed E-state index contributed by atoms with van der Waals surface area (Å²) < 4.78 is 24.9. The second kappa shape index (κ2) is 9.86. The van der Waals surface area contributed by atoms with E-state index >= 15 is 0 Å². The van der Waals surface area contributed by atoms with E-state index in [2.05, 4.69) is 15.5 Å². The highest BCUT2D eigenvalue weighted by molar-refractivity contribution is 7.14. The molecule has 1 heterocycles. The van der Waals surface area contributed by atoms with E-state index in [-0.39, 0.29) is 12.4 Å². The molecular formula is C24H20FN3O2S. The van der Waals surface area contributed by atoms with Crippen molar-refractivity contribution in [1.29, 1.82) is 0 Å². The molecule has 4 rings (SSSR count). The minimum atomic E-state index is -0.297. The Kier molecular flexibility index (Phi) is 6.54. The number of thiazole rings is 1. The third-order valence-electron chi connectivity index (χ3n) is 4.48. The summed E-state index contributed by atoms with van der Waals surface area (Å²) in [7, 11) is 1.56. The van der Waals surface area contributed by atoms with E-state index in [1.807, 2.05) is 41.8 Å². The van der Waals surface area contributed by atoms with Gasteiger partial charge in [0.1, 0.15) is 12.4 Å². The molecule has 7 heteroatoms. The van der Waals surface area contributed by atoms with Crippen LogP contribution in [0.1, 0.15) is 11.1 Å². The number of rotatable bonds is 8. The number of benzene rings is 3. The summed E-state index contributed by atoms with van der Waals surface area (Å²) in [5, 5.41) is 6.94. The van der Waals surface area contributed by atoms with Gasteiger partial charge in [-0.3, -0.25) is 5.43 Å². The molecule has 0 amide bonds. The Labute approximate surface area is 183 Å². The fraction of sp³-hybridized carbons (Fsp3) is 0.0833. The number of methoxy groups -OCH3 is 1. The molecule has 0 aliphatic heterocycles. The normalized spacial score (nSPS) is 10.9. The largest absolute Gasteiger partial charge is 0.493 e. The minimum absolute atomic E-state index is 0.117. The average molecular weight is 434 g/mol. The van der Waals surface area contributed by atoms with Crippen LogP contribution in [0.15, 0.2) is 83.3 Å². The first-order valence-electron chi connectivity index (χ1n) is 9.57. The molecule has 31 heavy (non-hydrogen) atoms. The molecule has 0 radical (unpaired) electrons. The van der Waals surface area contributed by atoms with Crippen molar-refractivity contribution in [2.45, 2.75) is 6.61 Å². The Morgan fingerprint density at radius 3 is 2.65 bits per heavy atom. The van der Waals surface area contributed by atoms with E-state index in [1.165, 1.54) is 17.4 Å². The summed E-state index contributed by atoms with van der Waals surface area (Å²) in [6.45, 7) is 0.117. The van der Waals surface area contributed by atoms with Crippen molar-refractivity contribution in [1.82, 2.24) is 4.98 Å². The third kappa shape index (κ3) is 5.26. The minimum Gasteiger partial charge on any atom is -0.493 e. The van der Waals surface area contributed by atoms with Gasteiger partial charge in [-0.15, -0.1) is 11.3 Å². The molecule has 0 fully saturated rings. The number of anilines is 1. The van der Waals surface area contributed by atoms with Crippen molar-refractivity contribution in [3.8, 4) is 22.8 Å². The smallest absolute Gasteiger partial charge is 0.203 e. The zero-order valence-electron chi connectivity index (χ0n) is 16.8. The third-order valence-corrected chi connectivity index (χ3v) is 5.22. The summed E-state index contributed by atoms with van der Waals surface area (Å²) in [4.78, 5) is 4.54. The SMILES string of the molecule is COc1cc(C=NNc2nc(-c3ccccc3)cs2)ccc1OCc1ccccc1F. The lowest BCUT2D eigenvalue weighted by Gasteiger charge is -2.11. The second-order valence-electron chi connectivity index (χ2n) is 6.56. The molecule has 0 atom stereocenters. The number of hydrazone groups is 1. The number of halogens is 1. The molecule has 1 aromatic heterocycles. The Morgan fingerprint density at radius 2 is 1.84 bits per heavy atom. The lowest BCUT2D eigenvalue weighted by Crippen LogP contribution is -2.00. The van der Waals surface area contributed by atoms with Crippen LogP contribution < -0.4 is 14.9 Å². The number of nitrogens with one attached hydrogen (secondary N) is 1. The van der Waals surface area contributed by atoms with Gasteiger partial charge in [-0.05, 0) is 29.8 Å². The summed E-state index contributed by atoms with van der Waals surface area (Å²) >= 11 is 1.48. The Bertz CT molecular complexity index is 1180. The molecule has 3 aromatic carbocycles. The van der Waals surface area contributed by atoms with Gasteiger partial charge in [-0.1, -0.05) is 48.5 Å². The van der Waals surface area contributed by atoms with Crippen LogP contribution in [0.25, 0.3) is 11.3 Å². The highest BCUT2D eigenvalue weighted by Crippen LogP contribution is 2.29. The lowest BCUT2D eigenvalue weighted by molar-refractivity contribution is 0.279. The molecule has 0 aliphatic carbocycles. The molecule has 0 unspecified atom stereocenters. The van der Waals surface area contributed by atoms with Crippen molar-refractivity contribution in [2.75, 3.05) is 12.5 Å². The molecule has 0 saturated carbocycles. The standard InChI is InChI=1S/C24H20FN3O2S/c1-29-23-13-17(11-12-22(23)30-15-19-9-5-6-10-20(19)25)14-26-28-24-27-21(16-31-24)18-7-3-2-4-8-18/h2-14,16H,15H2,1H3,(H,27,28). The molecule has 5 nitrogen and oxygen atoms in total. The lowest BCUT2D eigenvalue weighted by atomic mass is 10.2. The molecule has 0 saturated heterocycles. The van der Waals surface area contributed by atoms with E-state index in [4.69, 9.17) is 9.47 Å². The highest BCUT2D eigenvalue weighted by atomic mass is 32.1. The van der Waals surface area contributed by atoms with Crippen LogP contribution in [-0.4, -0.2) is 18.3 Å². The fourth-order valence-corrected chi connectivity index (χ4v) is 3.55. The molecule has 0 spiro atoms. The number of hydrogen-bond acceptors (Lipinski definition) is 6. The zero-order valence-corrected chi connectivity index (χ0v) is 17.6. The average Bonchev–Trinajstić information content (AvgIpc) is 3.28. The molecule has 0 aliphatic rings. The molecule has 1 N–H and O–H groups in total. The van der Waals surface area contributed by atoms with E-state index in [0.29, 0.717) is 22.2 Å². The predicted molar refractivity (Wildman–Crippen MR) is 122 cm³/mol. The van der Waals surface area contributed by atoms with E-state index < -0.39 is 0 Å². The number of aromatic nitrogens is 1. The van der Waals surface area contributed by atoms with Gasteiger partial charge in [0.15, 0.2) is 11.5 Å². The predicted octanol–water partition coefficient (Wildman–Crippen LogP) is 5.98. The van der Waals surface area contributed by atoms with Crippen molar-refractivity contribution >= 4 is 22.7 Å². The van der Waals surface area contributed by atoms with Gasteiger partial charge < -0.3 is 9.47 Å². The first-order chi connectivity index (χ1) is 15.2. The fourth-order valence-electron chi connectivity index (χ4n) is 2.88. The van der Waals surface area contributed by atoms with Crippen LogP contribution in [0, 0.1) is 5.82 Å². The summed E-state index contributed by atoms with van der Waals surface area (Å²) in [6.07, 6.45) is 1.67. The number of ether oxygens (including phenoxy) is 2. The van der Waals surface area contributed by atoms with E-state index in [9.17, 15) is 4.39 Å². The number of hydrogen-bond donors (Lipinski definition) is 1. The first-order valence-corrected chi connectivity index (χ1v) is 10.4. The second-order valence-corrected chi connectivity index (χ2v) is 7.42. The highest BCUT2D eigenvalue weighted by Gasteiger charge is 2.08. The Balaban J connectivity index is 1.39. The summed E-state index contributed by atoms with van der Waals surface area (Å²) in [6, 6.07) is 21.9. The van der Waals surface area contributed by atoms with Gasteiger partial charge in [0, 0.05) is 16.5 Å². The van der Waals surface area contributed by atoms with Gasteiger partial charge in [0.25, 0.3) is 0 Å². The van der Waals surface area contributed by atoms with Crippen LogP contribution in [0.5, 0.6) is 11.5 Å². The maximum atomic E-state index is 13.8. The zero-order chi connectivity index (χ0) is 21.5. The topological polar surface area (TPSA) is 55.7 Å². The van der Waals surface area contributed by atoms with Crippen LogP contribution in [0.2, 0.25) is 0 Å². The van der Waals surface area contributed by atoms with Crippen molar-refractivity contribution in [3.63, 3.8) is 0 Å². The summed E-state index contributed by atoms with van der Waals surface area (Å²) in [5.41, 5.74) is 6.22. The molecule has 4 aromatic rings. The van der Waals surface area contributed by atoms with Crippen LogP contribution >= 0.6 is 11.3 Å². The van der Waals surface area contributed by atoms with Crippen LogP contribution in [0.4, 0.5) is 9.52 Å². The van der Waals surface area contributed by atoms with Gasteiger partial charge in [-0.2, -0.15) is 5.10 Å². The Morgan fingerprint density at radius 1 is 1.03 bits per heavy atom. The van der Waals surface area contributed by atoms with E-state index in [0.717, 1.165) is 16.8 Å². The van der Waals surface area contributed by atoms with Gasteiger partial charge in [-0.25, -0.2) is 9.37 Å². The van der Waals surface area contributed by atoms with Crippen LogP contribution in [-0.2, 0) is 6.61 Å². The maximum Gasteiger partial charge on any atom is 0.203 e.